The van der Waals surface area contributed by atoms with Crippen LogP contribution in [-0.4, -0.2) is 22.8 Å². The largest absolute Gasteiger partial charge is 0.275 e. The van der Waals surface area contributed by atoms with Crippen LogP contribution >= 0.6 is 15.9 Å². The van der Waals surface area contributed by atoms with Crippen molar-refractivity contribution >= 4 is 33.4 Å². The van der Waals surface area contributed by atoms with Crippen LogP contribution in [0, 0.1) is 5.92 Å². The Morgan fingerprint density at radius 3 is 2.10 bits per heavy atom. The first-order chi connectivity index (χ1) is 14.6. The molecule has 30 heavy (non-hydrogen) atoms. The van der Waals surface area contributed by atoms with E-state index < -0.39 is 12.0 Å². The molecule has 0 spiro atoms. The predicted molar refractivity (Wildman–Crippen MR) is 116 cm³/mol. The van der Waals surface area contributed by atoms with Crippen LogP contribution in [0.1, 0.15) is 17.2 Å². The molecule has 3 aromatic carbocycles. The Morgan fingerprint density at radius 1 is 0.800 bits per heavy atom. The lowest BCUT2D eigenvalue weighted by Gasteiger charge is -2.28. The molecule has 2 fully saturated rings. The van der Waals surface area contributed by atoms with E-state index >= 15 is 0 Å². The SMILES string of the molecule is O=C1[C@@H]2[C@@H](c3ccc(Br)cc3)N(c3ccccc3)O[C@H]2C(=O)N1Cc1ccccc1. The van der Waals surface area contributed by atoms with E-state index in [2.05, 4.69) is 15.9 Å². The van der Waals surface area contributed by atoms with Gasteiger partial charge in [-0.1, -0.05) is 76.6 Å². The van der Waals surface area contributed by atoms with Crippen molar-refractivity contribution in [3.63, 3.8) is 0 Å². The summed E-state index contributed by atoms with van der Waals surface area (Å²) in [4.78, 5) is 34.0. The lowest BCUT2D eigenvalue weighted by molar-refractivity contribution is -0.143. The fraction of sp³-hybridized carbons (Fsp3) is 0.167. The molecule has 0 N–H and O–H groups in total. The van der Waals surface area contributed by atoms with Crippen molar-refractivity contribution in [3.05, 3.63) is 101 Å². The molecule has 2 heterocycles. The van der Waals surface area contributed by atoms with Gasteiger partial charge in [0.1, 0.15) is 5.92 Å². The van der Waals surface area contributed by atoms with Crippen molar-refractivity contribution in [3.8, 4) is 0 Å². The minimum Gasteiger partial charge on any atom is -0.275 e. The molecule has 0 aromatic heterocycles. The minimum absolute atomic E-state index is 0.194. The second-order valence-electron chi connectivity index (χ2n) is 7.46. The molecule has 2 saturated heterocycles. The van der Waals surface area contributed by atoms with Crippen LogP contribution in [0.3, 0.4) is 0 Å². The molecule has 0 radical (unpaired) electrons. The highest BCUT2D eigenvalue weighted by Gasteiger charge is 2.59. The summed E-state index contributed by atoms with van der Waals surface area (Å²) in [5, 5.41) is 1.72. The van der Waals surface area contributed by atoms with Crippen LogP contribution in [0.4, 0.5) is 5.69 Å². The predicted octanol–water partition coefficient (Wildman–Crippen LogP) is 4.50. The number of rotatable bonds is 4. The van der Waals surface area contributed by atoms with Crippen LogP contribution < -0.4 is 5.06 Å². The van der Waals surface area contributed by atoms with Crippen molar-refractivity contribution in [2.75, 3.05) is 5.06 Å². The highest BCUT2D eigenvalue weighted by atomic mass is 79.9. The number of carbonyl (C=O) groups is 2. The summed E-state index contributed by atoms with van der Waals surface area (Å²) in [6.07, 6.45) is -0.824. The number of carbonyl (C=O) groups excluding carboxylic acids is 2. The molecule has 0 bridgehead atoms. The number of para-hydroxylation sites is 1. The Hall–Kier alpha value is -2.96. The molecule has 2 aliphatic rings. The van der Waals surface area contributed by atoms with E-state index in [9.17, 15) is 9.59 Å². The first kappa shape index (κ1) is 19.0. The van der Waals surface area contributed by atoms with Gasteiger partial charge in [0, 0.05) is 4.47 Å². The lowest BCUT2D eigenvalue weighted by Crippen LogP contribution is -2.36. The lowest BCUT2D eigenvalue weighted by atomic mass is 9.90. The van der Waals surface area contributed by atoms with Gasteiger partial charge in [0.05, 0.1) is 18.3 Å². The fourth-order valence-corrected chi connectivity index (χ4v) is 4.46. The highest BCUT2D eigenvalue weighted by molar-refractivity contribution is 9.10. The first-order valence-corrected chi connectivity index (χ1v) is 10.6. The van der Waals surface area contributed by atoms with Gasteiger partial charge in [-0.25, -0.2) is 5.06 Å². The number of benzene rings is 3. The third-order valence-electron chi connectivity index (χ3n) is 5.61. The summed E-state index contributed by atoms with van der Waals surface area (Å²) in [7, 11) is 0. The van der Waals surface area contributed by atoms with E-state index in [1.165, 1.54) is 4.90 Å². The first-order valence-electron chi connectivity index (χ1n) is 9.79. The van der Waals surface area contributed by atoms with Crippen LogP contribution in [0.25, 0.3) is 0 Å². The van der Waals surface area contributed by atoms with Crippen LogP contribution in [-0.2, 0) is 21.0 Å². The fourth-order valence-electron chi connectivity index (χ4n) is 4.19. The van der Waals surface area contributed by atoms with Gasteiger partial charge >= 0.3 is 0 Å². The summed E-state index contributed by atoms with van der Waals surface area (Å²) in [5.74, 6) is -1.07. The van der Waals surface area contributed by atoms with Gasteiger partial charge < -0.3 is 0 Å². The number of hydroxylamine groups is 1. The number of nitrogens with zero attached hydrogens (tertiary/aromatic N) is 2. The quantitative estimate of drug-likeness (QED) is 0.535. The van der Waals surface area contributed by atoms with E-state index in [1.54, 1.807) is 5.06 Å². The van der Waals surface area contributed by atoms with E-state index in [-0.39, 0.29) is 24.4 Å². The monoisotopic (exact) mass is 462 g/mol. The molecule has 5 nitrogen and oxygen atoms in total. The second kappa shape index (κ2) is 7.70. The van der Waals surface area contributed by atoms with Gasteiger partial charge in [-0.15, -0.1) is 0 Å². The maximum atomic E-state index is 13.4. The molecular formula is C24H19BrN2O3. The van der Waals surface area contributed by atoms with Gasteiger partial charge in [-0.2, -0.15) is 0 Å². The maximum Gasteiger partial charge on any atom is 0.262 e. The molecule has 0 saturated carbocycles. The van der Waals surface area contributed by atoms with Crippen LogP contribution in [0.15, 0.2) is 89.4 Å². The number of hydrogen-bond acceptors (Lipinski definition) is 4. The average Bonchev–Trinajstić information content (AvgIpc) is 3.28. The van der Waals surface area contributed by atoms with E-state index in [4.69, 9.17) is 4.84 Å². The van der Waals surface area contributed by atoms with Crippen molar-refractivity contribution < 1.29 is 14.4 Å². The smallest absolute Gasteiger partial charge is 0.262 e. The Labute approximate surface area is 183 Å². The summed E-state index contributed by atoms with van der Waals surface area (Å²) in [6, 6.07) is 26.6. The Balaban J connectivity index is 1.52. The molecule has 3 aromatic rings. The number of amides is 2. The maximum absolute atomic E-state index is 13.4. The zero-order chi connectivity index (χ0) is 20.7. The van der Waals surface area contributed by atoms with Crippen molar-refractivity contribution in [2.24, 2.45) is 5.92 Å². The van der Waals surface area contributed by atoms with E-state index in [0.29, 0.717) is 0 Å². The number of halogens is 1. The number of anilines is 1. The van der Waals surface area contributed by atoms with Crippen molar-refractivity contribution in [2.45, 2.75) is 18.7 Å². The Bertz CT molecular complexity index is 1070. The van der Waals surface area contributed by atoms with Crippen LogP contribution in [0.2, 0.25) is 0 Å². The molecule has 0 aliphatic carbocycles. The zero-order valence-electron chi connectivity index (χ0n) is 16.0. The molecular weight excluding hydrogens is 444 g/mol. The molecule has 2 amide bonds. The van der Waals surface area contributed by atoms with Gasteiger partial charge in [-0.3, -0.25) is 19.3 Å². The van der Waals surface area contributed by atoms with E-state index in [1.807, 2.05) is 84.9 Å². The number of hydrogen-bond donors (Lipinski definition) is 0. The summed E-state index contributed by atoms with van der Waals surface area (Å²) < 4.78 is 0.951. The molecule has 0 unspecified atom stereocenters. The van der Waals surface area contributed by atoms with Gasteiger partial charge in [0.2, 0.25) is 5.91 Å². The molecule has 150 valence electrons. The van der Waals surface area contributed by atoms with Gasteiger partial charge in [0.25, 0.3) is 5.91 Å². The van der Waals surface area contributed by atoms with E-state index in [0.717, 1.165) is 21.3 Å². The Kier molecular flexibility index (Phi) is 4.89. The topological polar surface area (TPSA) is 49.9 Å². The Morgan fingerprint density at radius 2 is 1.43 bits per heavy atom. The molecule has 3 atom stereocenters. The number of imide groups is 1. The normalized spacial score (nSPS) is 23.2. The summed E-state index contributed by atoms with van der Waals surface area (Å²) in [5.41, 5.74) is 2.66. The average molecular weight is 463 g/mol. The second-order valence-corrected chi connectivity index (χ2v) is 8.37. The standard InChI is InChI=1S/C24H19BrN2O3/c25-18-13-11-17(12-14-18)21-20-22(30-27(21)19-9-5-2-6-10-19)24(29)26(23(20)28)15-16-7-3-1-4-8-16/h1-14,20-22H,15H2/t20-,21-,22-/m1/s1. The summed E-state index contributed by atoms with van der Waals surface area (Å²) >= 11 is 3.46. The van der Waals surface area contributed by atoms with Crippen molar-refractivity contribution in [1.29, 1.82) is 0 Å². The van der Waals surface area contributed by atoms with Crippen molar-refractivity contribution in [1.82, 2.24) is 4.90 Å². The highest BCUT2D eigenvalue weighted by Crippen LogP contribution is 2.47. The van der Waals surface area contributed by atoms with Gasteiger partial charge in [-0.05, 0) is 35.4 Å². The number of fused-ring (bicyclic) bond motifs is 1. The molecule has 2 aliphatic heterocycles. The third-order valence-corrected chi connectivity index (χ3v) is 6.14. The molecule has 6 heteroatoms. The summed E-state index contributed by atoms with van der Waals surface area (Å²) in [6.45, 7) is 0.257. The van der Waals surface area contributed by atoms with Gasteiger partial charge in [0.15, 0.2) is 6.10 Å². The zero-order valence-corrected chi connectivity index (χ0v) is 17.6. The minimum atomic E-state index is -0.824. The molecule has 5 rings (SSSR count). The third kappa shape index (κ3) is 3.22. The number of likely N-dealkylation sites (tertiary alicyclic amines) is 1. The van der Waals surface area contributed by atoms with Crippen LogP contribution in [0.5, 0.6) is 0 Å².